The molecule has 1 aliphatic rings. The van der Waals surface area contributed by atoms with E-state index in [4.69, 9.17) is 9.84 Å². The monoisotopic (exact) mass is 212 g/mol. The molecule has 0 aromatic carbocycles. The third kappa shape index (κ3) is 3.67. The number of esters is 1. The first-order valence-electron chi connectivity index (χ1n) is 5.39. The zero-order valence-electron chi connectivity index (χ0n) is 9.75. The molecule has 0 aromatic heterocycles. The fourth-order valence-electron chi connectivity index (χ4n) is 1.41. The van der Waals surface area contributed by atoms with Crippen LogP contribution in [0, 0.1) is 5.41 Å². The molecule has 0 aliphatic heterocycles. The molecule has 0 aromatic rings. The Morgan fingerprint density at radius 3 is 2.40 bits per heavy atom. The lowest BCUT2D eigenvalue weighted by Crippen LogP contribution is -2.29. The largest absolute Gasteiger partial charge is 0.460 e. The molecule has 1 fully saturated rings. The third-order valence-corrected chi connectivity index (χ3v) is 2.47. The highest BCUT2D eigenvalue weighted by atomic mass is 16.6. The van der Waals surface area contributed by atoms with E-state index in [0.717, 1.165) is 12.8 Å². The first-order chi connectivity index (χ1) is 6.90. The molecule has 0 bridgehead atoms. The van der Waals surface area contributed by atoms with E-state index in [1.54, 1.807) is 6.08 Å². The molecule has 1 aliphatic carbocycles. The lowest BCUT2D eigenvalue weighted by atomic mass is 10.0. The summed E-state index contributed by atoms with van der Waals surface area (Å²) in [5.41, 5.74) is -0.702. The van der Waals surface area contributed by atoms with Crippen LogP contribution < -0.4 is 0 Å². The van der Waals surface area contributed by atoms with Crippen molar-refractivity contribution in [1.82, 2.24) is 0 Å². The number of aliphatic hydroxyl groups excluding tert-OH is 1. The molecule has 0 amide bonds. The van der Waals surface area contributed by atoms with Gasteiger partial charge in [-0.05, 0) is 40.0 Å². The van der Waals surface area contributed by atoms with Crippen LogP contribution in [0.25, 0.3) is 0 Å². The lowest BCUT2D eigenvalue weighted by molar-refractivity contribution is -0.161. The number of aliphatic hydroxyl groups is 1. The van der Waals surface area contributed by atoms with Crippen LogP contribution in [0.1, 0.15) is 40.0 Å². The van der Waals surface area contributed by atoms with Crippen molar-refractivity contribution in [1.29, 1.82) is 0 Å². The van der Waals surface area contributed by atoms with Gasteiger partial charge >= 0.3 is 5.97 Å². The van der Waals surface area contributed by atoms with Crippen molar-refractivity contribution in [2.75, 3.05) is 6.61 Å². The summed E-state index contributed by atoms with van der Waals surface area (Å²) in [5, 5.41) is 8.61. The van der Waals surface area contributed by atoms with Gasteiger partial charge in [-0.1, -0.05) is 12.2 Å². The SMILES string of the molecule is CC(C)(C)OC(=O)C1(C/C=C/CO)CC1. The van der Waals surface area contributed by atoms with Crippen molar-refractivity contribution in [2.45, 2.75) is 45.6 Å². The highest BCUT2D eigenvalue weighted by molar-refractivity contribution is 5.80. The summed E-state index contributed by atoms with van der Waals surface area (Å²) < 4.78 is 5.36. The van der Waals surface area contributed by atoms with Crippen LogP contribution in [0.5, 0.6) is 0 Å². The first kappa shape index (κ1) is 12.2. The second kappa shape index (κ2) is 4.35. The number of hydrogen-bond donors (Lipinski definition) is 1. The van der Waals surface area contributed by atoms with E-state index in [2.05, 4.69) is 0 Å². The van der Waals surface area contributed by atoms with Crippen molar-refractivity contribution >= 4 is 5.97 Å². The second-order valence-corrected chi connectivity index (χ2v) is 5.14. The van der Waals surface area contributed by atoms with Crippen LogP contribution in [-0.4, -0.2) is 23.3 Å². The predicted molar refractivity (Wildman–Crippen MR) is 58.4 cm³/mol. The van der Waals surface area contributed by atoms with Crippen LogP contribution in [0.2, 0.25) is 0 Å². The van der Waals surface area contributed by atoms with Gasteiger partial charge in [0.05, 0.1) is 12.0 Å². The van der Waals surface area contributed by atoms with E-state index in [1.807, 2.05) is 26.8 Å². The fourth-order valence-corrected chi connectivity index (χ4v) is 1.41. The van der Waals surface area contributed by atoms with Crippen molar-refractivity contribution < 1.29 is 14.6 Å². The summed E-state index contributed by atoms with van der Waals surface area (Å²) in [5.74, 6) is -0.0995. The molecule has 0 saturated heterocycles. The molecule has 1 saturated carbocycles. The van der Waals surface area contributed by atoms with Gasteiger partial charge in [0.25, 0.3) is 0 Å². The summed E-state index contributed by atoms with van der Waals surface area (Å²) in [6, 6.07) is 0. The molecule has 86 valence electrons. The topological polar surface area (TPSA) is 46.5 Å². The highest BCUT2D eigenvalue weighted by Gasteiger charge is 2.51. The van der Waals surface area contributed by atoms with E-state index >= 15 is 0 Å². The van der Waals surface area contributed by atoms with E-state index < -0.39 is 5.60 Å². The predicted octanol–water partition coefficient (Wildman–Crippen LogP) is 2.05. The number of allylic oxidation sites excluding steroid dienone is 1. The Hall–Kier alpha value is -0.830. The number of carbonyl (C=O) groups is 1. The minimum absolute atomic E-state index is 0.0321. The zero-order chi connectivity index (χ0) is 11.5. The van der Waals surface area contributed by atoms with Crippen LogP contribution in [0.15, 0.2) is 12.2 Å². The minimum Gasteiger partial charge on any atom is -0.460 e. The lowest BCUT2D eigenvalue weighted by Gasteiger charge is -2.23. The molecule has 0 radical (unpaired) electrons. The molecule has 3 heteroatoms. The van der Waals surface area contributed by atoms with Crippen molar-refractivity contribution in [2.24, 2.45) is 5.41 Å². The number of ether oxygens (including phenoxy) is 1. The van der Waals surface area contributed by atoms with Crippen LogP contribution in [-0.2, 0) is 9.53 Å². The number of carbonyl (C=O) groups excluding carboxylic acids is 1. The number of rotatable bonds is 4. The quantitative estimate of drug-likeness (QED) is 0.573. The van der Waals surface area contributed by atoms with Crippen LogP contribution in [0.4, 0.5) is 0 Å². The zero-order valence-corrected chi connectivity index (χ0v) is 9.75. The summed E-state index contributed by atoms with van der Waals surface area (Å²) in [4.78, 5) is 11.8. The van der Waals surface area contributed by atoms with Gasteiger partial charge < -0.3 is 9.84 Å². The fraction of sp³-hybridized carbons (Fsp3) is 0.750. The van der Waals surface area contributed by atoms with Crippen molar-refractivity contribution in [3.8, 4) is 0 Å². The Balaban J connectivity index is 2.48. The Bertz CT molecular complexity index is 257. The Labute approximate surface area is 91.1 Å². The highest BCUT2D eigenvalue weighted by Crippen LogP contribution is 2.50. The summed E-state index contributed by atoms with van der Waals surface area (Å²) in [7, 11) is 0. The van der Waals surface area contributed by atoms with E-state index in [-0.39, 0.29) is 18.0 Å². The maximum atomic E-state index is 11.8. The van der Waals surface area contributed by atoms with Gasteiger partial charge in [0.2, 0.25) is 0 Å². The molecular formula is C12H20O3. The maximum Gasteiger partial charge on any atom is 0.312 e. The molecule has 0 spiro atoms. The smallest absolute Gasteiger partial charge is 0.312 e. The molecule has 15 heavy (non-hydrogen) atoms. The normalized spacial score (nSPS) is 19.2. The molecular weight excluding hydrogens is 192 g/mol. The standard InChI is InChI=1S/C12H20O3/c1-11(2,3)15-10(14)12(7-8-12)6-4-5-9-13/h4-5,13H,6-9H2,1-3H3/b5-4+. The van der Waals surface area contributed by atoms with Gasteiger partial charge in [0.15, 0.2) is 0 Å². The Morgan fingerprint density at radius 2 is 2.00 bits per heavy atom. The first-order valence-corrected chi connectivity index (χ1v) is 5.39. The molecule has 0 atom stereocenters. The van der Waals surface area contributed by atoms with Gasteiger partial charge in [-0.3, -0.25) is 4.79 Å². The maximum absolute atomic E-state index is 11.8. The molecule has 3 nitrogen and oxygen atoms in total. The van der Waals surface area contributed by atoms with Crippen molar-refractivity contribution in [3.63, 3.8) is 0 Å². The third-order valence-electron chi connectivity index (χ3n) is 2.47. The summed E-state index contributed by atoms with van der Waals surface area (Å²) in [6.45, 7) is 5.67. The average molecular weight is 212 g/mol. The van der Waals surface area contributed by atoms with Gasteiger partial charge in [-0.15, -0.1) is 0 Å². The van der Waals surface area contributed by atoms with Gasteiger partial charge in [0, 0.05) is 0 Å². The molecule has 0 unspecified atom stereocenters. The van der Waals surface area contributed by atoms with E-state index in [9.17, 15) is 4.79 Å². The Kier molecular flexibility index (Phi) is 3.55. The summed E-state index contributed by atoms with van der Waals surface area (Å²) >= 11 is 0. The van der Waals surface area contributed by atoms with Gasteiger partial charge in [-0.2, -0.15) is 0 Å². The van der Waals surface area contributed by atoms with Crippen molar-refractivity contribution in [3.05, 3.63) is 12.2 Å². The minimum atomic E-state index is -0.409. The van der Waals surface area contributed by atoms with Crippen LogP contribution in [0.3, 0.4) is 0 Å². The number of hydrogen-bond acceptors (Lipinski definition) is 3. The average Bonchev–Trinajstić information content (AvgIpc) is 2.83. The molecule has 1 N–H and O–H groups in total. The molecule has 0 heterocycles. The van der Waals surface area contributed by atoms with Gasteiger partial charge in [0.1, 0.15) is 5.60 Å². The Morgan fingerprint density at radius 1 is 1.40 bits per heavy atom. The van der Waals surface area contributed by atoms with E-state index in [1.165, 1.54) is 0 Å². The summed E-state index contributed by atoms with van der Waals surface area (Å²) in [6.07, 6.45) is 6.01. The van der Waals surface area contributed by atoms with E-state index in [0.29, 0.717) is 6.42 Å². The second-order valence-electron chi connectivity index (χ2n) is 5.14. The van der Waals surface area contributed by atoms with Gasteiger partial charge in [-0.25, -0.2) is 0 Å². The molecule has 1 rings (SSSR count). The van der Waals surface area contributed by atoms with Crippen LogP contribution >= 0.6 is 0 Å².